The Labute approximate surface area is 90.5 Å². The van der Waals surface area contributed by atoms with Gasteiger partial charge < -0.3 is 21.6 Å². The first-order valence-corrected chi connectivity index (χ1v) is 3.98. The van der Waals surface area contributed by atoms with Crippen LogP contribution in [0.3, 0.4) is 0 Å². The van der Waals surface area contributed by atoms with Crippen molar-refractivity contribution >= 4 is 30.9 Å². The fraction of sp³-hybridized carbons (Fsp3) is 0.500. The van der Waals surface area contributed by atoms with Crippen LogP contribution in [0.25, 0.3) is 0 Å². The van der Waals surface area contributed by atoms with E-state index in [1.54, 1.807) is 13.8 Å². The molecule has 0 radical (unpaired) electrons. The van der Waals surface area contributed by atoms with Gasteiger partial charge in [0.1, 0.15) is 0 Å². The van der Waals surface area contributed by atoms with Crippen molar-refractivity contribution in [1.29, 1.82) is 0 Å². The molecule has 0 unspecified atom stereocenters. The van der Waals surface area contributed by atoms with Gasteiger partial charge in [-0.3, -0.25) is 0 Å². The van der Waals surface area contributed by atoms with E-state index in [-0.39, 0.29) is 23.1 Å². The second kappa shape index (κ2) is 10.7. The van der Waals surface area contributed by atoms with Crippen LogP contribution in [0.15, 0.2) is 0 Å². The van der Waals surface area contributed by atoms with Crippen molar-refractivity contribution in [3.8, 4) is 0 Å². The maximum atomic E-state index is 10.2. The summed E-state index contributed by atoms with van der Waals surface area (Å²) in [7, 11) is -4.64. The molecule has 0 spiro atoms. The van der Waals surface area contributed by atoms with E-state index in [1.165, 1.54) is 0 Å². The minimum absolute atomic E-state index is 0. The monoisotopic (exact) mass is 234 g/mol. The summed E-state index contributed by atoms with van der Waals surface area (Å²) in [5.41, 5.74) is 0. The van der Waals surface area contributed by atoms with E-state index >= 15 is 0 Å². The maximum Gasteiger partial charge on any atom is 2.00 e. The number of halogens is 3. The third-order valence-electron chi connectivity index (χ3n) is 0. The summed E-state index contributed by atoms with van der Waals surface area (Å²) in [5, 5.41) is 0. The molecule has 0 saturated carbocycles. The zero-order valence-electron chi connectivity index (χ0n) is 6.95. The van der Waals surface area contributed by atoms with Crippen molar-refractivity contribution in [2.24, 2.45) is 0 Å². The van der Waals surface area contributed by atoms with E-state index in [0.29, 0.717) is 0 Å². The van der Waals surface area contributed by atoms with Gasteiger partial charge in [0.15, 0.2) is 0 Å². The SMILES string of the molecule is O=P(O)(O)O.[CH2-]C.[CH2-]C(F)(F)F.[Mg+2]. The van der Waals surface area contributed by atoms with Crippen LogP contribution in [0.1, 0.15) is 6.92 Å². The average Bonchev–Trinajstić information content (AvgIpc) is 1.59. The van der Waals surface area contributed by atoms with Gasteiger partial charge in [-0.1, -0.05) is 0 Å². The molecular weight excluding hydrogens is 224 g/mol. The smallest absolute Gasteiger partial charge is 0.346 e. The van der Waals surface area contributed by atoms with Crippen LogP contribution >= 0.6 is 7.82 Å². The molecule has 0 aliphatic rings. The fourth-order valence-corrected chi connectivity index (χ4v) is 0. The Morgan fingerprint density at radius 1 is 1.15 bits per heavy atom. The van der Waals surface area contributed by atoms with Crippen molar-refractivity contribution in [3.63, 3.8) is 0 Å². The largest absolute Gasteiger partial charge is 2.00 e. The second-order valence-corrected chi connectivity index (χ2v) is 2.16. The van der Waals surface area contributed by atoms with Crippen LogP contribution in [-0.4, -0.2) is 43.9 Å². The average molecular weight is 234 g/mol. The van der Waals surface area contributed by atoms with Gasteiger partial charge in [-0.2, -0.15) is 6.92 Å². The molecule has 0 amide bonds. The van der Waals surface area contributed by atoms with Gasteiger partial charge in [0.2, 0.25) is 0 Å². The van der Waals surface area contributed by atoms with Gasteiger partial charge >= 0.3 is 30.9 Å². The molecule has 3 N–H and O–H groups in total. The predicted molar refractivity (Wildman–Crippen MR) is 42.5 cm³/mol. The number of hydrogen-bond acceptors (Lipinski definition) is 1. The van der Waals surface area contributed by atoms with E-state index < -0.39 is 14.0 Å². The van der Waals surface area contributed by atoms with E-state index in [1.807, 2.05) is 0 Å². The Morgan fingerprint density at radius 2 is 1.15 bits per heavy atom. The summed E-state index contributed by atoms with van der Waals surface area (Å²) < 4.78 is 39.6. The van der Waals surface area contributed by atoms with Gasteiger partial charge in [0, 0.05) is 0 Å². The molecule has 0 atom stereocenters. The second-order valence-electron chi connectivity index (χ2n) is 1.13. The van der Waals surface area contributed by atoms with E-state index in [0.717, 1.165) is 0 Å². The summed E-state index contributed by atoms with van der Waals surface area (Å²) >= 11 is 0. The van der Waals surface area contributed by atoms with Crippen LogP contribution in [0.4, 0.5) is 13.2 Å². The molecule has 0 rings (SSSR count). The Morgan fingerprint density at radius 3 is 1.15 bits per heavy atom. The summed E-state index contributed by atoms with van der Waals surface area (Å²) in [6.45, 7) is 6.77. The zero-order chi connectivity index (χ0) is 11.0. The number of phosphoric acid groups is 1. The number of hydrogen-bond donors (Lipinski definition) is 3. The molecule has 0 saturated heterocycles. The molecule has 0 aromatic carbocycles. The Hall–Kier alpha value is 0.666. The summed E-state index contributed by atoms with van der Waals surface area (Å²) in [4.78, 5) is 21.6. The van der Waals surface area contributed by atoms with Crippen molar-refractivity contribution in [2.45, 2.75) is 13.1 Å². The first-order valence-electron chi connectivity index (χ1n) is 2.41. The molecular formula is C4H10F3MgO4P. The third kappa shape index (κ3) is 3250. The molecule has 0 aromatic rings. The van der Waals surface area contributed by atoms with E-state index in [9.17, 15) is 13.2 Å². The fourth-order valence-electron chi connectivity index (χ4n) is 0. The summed E-state index contributed by atoms with van der Waals surface area (Å²) in [6, 6.07) is 0. The summed E-state index contributed by atoms with van der Waals surface area (Å²) in [5.74, 6) is 0. The van der Waals surface area contributed by atoms with Gasteiger partial charge in [-0.25, -0.2) is 24.7 Å². The zero-order valence-corrected chi connectivity index (χ0v) is 9.26. The molecule has 0 bridgehead atoms. The predicted octanol–water partition coefficient (Wildman–Crippen LogP) is 0.914. The third-order valence-corrected chi connectivity index (χ3v) is 0. The number of alkyl halides is 3. The standard InChI is InChI=1S/C2H2F3.C2H5.Mg.H3O4P/c1-2(3,4)5;1-2;;1-5(2,3)4/h1H2;1H2,2H3;;(H3,1,2,3,4)/q2*-1;+2;. The molecule has 78 valence electrons. The van der Waals surface area contributed by atoms with Gasteiger partial charge in [0.25, 0.3) is 6.18 Å². The topological polar surface area (TPSA) is 77.8 Å². The van der Waals surface area contributed by atoms with E-state index in [4.69, 9.17) is 19.2 Å². The molecule has 13 heavy (non-hydrogen) atoms. The van der Waals surface area contributed by atoms with Crippen molar-refractivity contribution in [1.82, 2.24) is 0 Å². The Balaban J connectivity index is -0.0000000491. The first kappa shape index (κ1) is 23.5. The molecule has 0 fully saturated rings. The first-order chi connectivity index (χ1) is 5.00. The van der Waals surface area contributed by atoms with E-state index in [2.05, 4.69) is 6.92 Å². The van der Waals surface area contributed by atoms with Crippen LogP contribution in [0.5, 0.6) is 0 Å². The van der Waals surface area contributed by atoms with Crippen LogP contribution in [0, 0.1) is 13.8 Å². The molecule has 0 aliphatic heterocycles. The quantitative estimate of drug-likeness (QED) is 0.331. The van der Waals surface area contributed by atoms with Gasteiger partial charge in [-0.05, 0) is 0 Å². The van der Waals surface area contributed by atoms with Gasteiger partial charge in [0.05, 0.1) is 0 Å². The Bertz CT molecular complexity index is 120. The maximum absolute atomic E-state index is 10.2. The molecule has 0 heterocycles. The molecule has 9 heteroatoms. The van der Waals surface area contributed by atoms with Crippen molar-refractivity contribution < 1.29 is 32.4 Å². The Kier molecular flexibility index (Phi) is 19.4. The summed E-state index contributed by atoms with van der Waals surface area (Å²) in [6.07, 6.45) is -4.25. The normalized spacial score (nSPS) is 9.62. The van der Waals surface area contributed by atoms with Crippen LogP contribution < -0.4 is 0 Å². The molecule has 4 nitrogen and oxygen atoms in total. The van der Waals surface area contributed by atoms with Crippen LogP contribution in [0.2, 0.25) is 0 Å². The molecule has 0 aromatic heterocycles. The van der Waals surface area contributed by atoms with Crippen molar-refractivity contribution in [2.75, 3.05) is 0 Å². The molecule has 0 aliphatic carbocycles. The minimum Gasteiger partial charge on any atom is -0.346 e. The minimum atomic E-state index is -4.64. The number of rotatable bonds is 0. The van der Waals surface area contributed by atoms with Gasteiger partial charge in [-0.15, -0.1) is 0 Å². The van der Waals surface area contributed by atoms with Crippen molar-refractivity contribution in [3.05, 3.63) is 13.8 Å². The van der Waals surface area contributed by atoms with Crippen LogP contribution in [-0.2, 0) is 4.57 Å².